The Morgan fingerprint density at radius 2 is 1.93 bits per heavy atom. The van der Waals surface area contributed by atoms with Crippen molar-refractivity contribution in [2.75, 3.05) is 7.05 Å². The van der Waals surface area contributed by atoms with E-state index in [1.807, 2.05) is 6.92 Å². The number of piperidine rings is 1. The van der Waals surface area contributed by atoms with E-state index < -0.39 is 0 Å². The van der Waals surface area contributed by atoms with Crippen LogP contribution in [0.4, 0.5) is 0 Å². The van der Waals surface area contributed by atoms with Gasteiger partial charge in [-0.05, 0) is 6.92 Å². The lowest BCUT2D eigenvalue weighted by Gasteiger charge is -2.33. The summed E-state index contributed by atoms with van der Waals surface area (Å²) >= 11 is 2.12. The van der Waals surface area contributed by atoms with Gasteiger partial charge in [-0.25, -0.2) is 0 Å². The van der Waals surface area contributed by atoms with Gasteiger partial charge >= 0.3 is 5.97 Å². The van der Waals surface area contributed by atoms with Crippen LogP contribution in [0.1, 0.15) is 32.6 Å². The Morgan fingerprint density at radius 3 is 2.40 bits per heavy atom. The molecule has 0 saturated carbocycles. The Bertz CT molecular complexity index is 243. The Kier molecular flexibility index (Phi) is 3.55. The first kappa shape index (κ1) is 11.6. The smallest absolute Gasteiger partial charge is 0.318 e. The lowest BCUT2D eigenvalue weighted by molar-refractivity contribution is -0.923. The van der Waals surface area contributed by atoms with Gasteiger partial charge in [-0.1, -0.05) is 22.6 Å². The molecule has 2 aliphatic heterocycles. The molecular weight excluding hydrogens is 305 g/mol. The SMILES string of the molecule is CC(I)C(=O)OC1CC2CCC(C1)[NH+]2C. The van der Waals surface area contributed by atoms with Crippen LogP contribution in [0, 0.1) is 0 Å². The summed E-state index contributed by atoms with van der Waals surface area (Å²) in [6.45, 7) is 1.89. The zero-order chi connectivity index (χ0) is 11.0. The van der Waals surface area contributed by atoms with E-state index in [1.165, 1.54) is 12.8 Å². The lowest BCUT2D eigenvalue weighted by Crippen LogP contribution is -3.15. The van der Waals surface area contributed by atoms with Crippen molar-refractivity contribution in [1.29, 1.82) is 0 Å². The summed E-state index contributed by atoms with van der Waals surface area (Å²) in [4.78, 5) is 13.1. The van der Waals surface area contributed by atoms with Crippen LogP contribution in [-0.4, -0.2) is 35.1 Å². The molecule has 0 radical (unpaired) electrons. The van der Waals surface area contributed by atoms with E-state index in [9.17, 15) is 4.79 Å². The van der Waals surface area contributed by atoms with Crippen LogP contribution >= 0.6 is 22.6 Å². The van der Waals surface area contributed by atoms with Crippen LogP contribution in [-0.2, 0) is 9.53 Å². The van der Waals surface area contributed by atoms with Crippen LogP contribution in [0.25, 0.3) is 0 Å². The lowest BCUT2D eigenvalue weighted by atomic mass is 10.0. The molecule has 15 heavy (non-hydrogen) atoms. The summed E-state index contributed by atoms with van der Waals surface area (Å²) in [6, 6.07) is 1.46. The Balaban J connectivity index is 1.89. The molecule has 2 aliphatic rings. The summed E-state index contributed by atoms with van der Waals surface area (Å²) in [7, 11) is 2.28. The molecule has 4 heteroatoms. The van der Waals surface area contributed by atoms with E-state index in [1.54, 1.807) is 4.90 Å². The van der Waals surface area contributed by atoms with Gasteiger partial charge in [0.05, 0.1) is 19.1 Å². The van der Waals surface area contributed by atoms with Gasteiger partial charge in [0.2, 0.25) is 0 Å². The molecule has 2 rings (SSSR count). The molecule has 86 valence electrons. The van der Waals surface area contributed by atoms with Crippen LogP contribution < -0.4 is 4.90 Å². The standard InChI is InChI=1S/C11H18INO2/c1-7(12)11(14)15-10-5-8-3-4-9(6-10)13(8)2/h7-10H,3-6H2,1-2H3/p+1. The predicted molar refractivity (Wildman–Crippen MR) is 66.3 cm³/mol. The molecule has 3 nitrogen and oxygen atoms in total. The monoisotopic (exact) mass is 324 g/mol. The molecule has 2 heterocycles. The molecule has 0 aliphatic carbocycles. The topological polar surface area (TPSA) is 30.7 Å². The third kappa shape index (κ3) is 2.46. The van der Waals surface area contributed by atoms with Gasteiger partial charge in [0, 0.05) is 25.7 Å². The fourth-order valence-corrected chi connectivity index (χ4v) is 3.03. The minimum Gasteiger partial charge on any atom is -0.461 e. The van der Waals surface area contributed by atoms with Crippen LogP contribution in [0.15, 0.2) is 0 Å². The highest BCUT2D eigenvalue weighted by atomic mass is 127. The minimum atomic E-state index is -0.0421. The van der Waals surface area contributed by atoms with Gasteiger partial charge in [-0.2, -0.15) is 0 Å². The molecule has 3 unspecified atom stereocenters. The Labute approximate surface area is 105 Å². The van der Waals surface area contributed by atoms with Crippen molar-refractivity contribution < 1.29 is 14.4 Å². The van der Waals surface area contributed by atoms with Crippen LogP contribution in [0.5, 0.6) is 0 Å². The van der Waals surface area contributed by atoms with Gasteiger partial charge in [0.15, 0.2) is 0 Å². The zero-order valence-electron chi connectivity index (χ0n) is 9.33. The third-order valence-electron chi connectivity index (χ3n) is 3.85. The number of rotatable bonds is 2. The maximum absolute atomic E-state index is 11.5. The summed E-state index contributed by atoms with van der Waals surface area (Å²) in [5.74, 6) is -0.0421. The molecule has 0 aromatic heterocycles. The first-order chi connectivity index (χ1) is 7.08. The first-order valence-corrected chi connectivity index (χ1v) is 7.00. The van der Waals surface area contributed by atoms with Crippen molar-refractivity contribution in [1.82, 2.24) is 0 Å². The van der Waals surface area contributed by atoms with Gasteiger partial charge in [0.1, 0.15) is 10.0 Å². The van der Waals surface area contributed by atoms with E-state index >= 15 is 0 Å². The molecule has 0 spiro atoms. The van der Waals surface area contributed by atoms with Crippen molar-refractivity contribution >= 4 is 28.6 Å². The van der Waals surface area contributed by atoms with E-state index in [4.69, 9.17) is 4.74 Å². The number of esters is 1. The quantitative estimate of drug-likeness (QED) is 0.457. The molecule has 2 saturated heterocycles. The van der Waals surface area contributed by atoms with Gasteiger partial charge in [-0.3, -0.25) is 4.79 Å². The number of fused-ring (bicyclic) bond motifs is 2. The number of ether oxygens (including phenoxy) is 1. The summed E-state index contributed by atoms with van der Waals surface area (Å²) in [6.07, 6.45) is 4.94. The number of alkyl halides is 1. The van der Waals surface area contributed by atoms with Crippen molar-refractivity contribution in [3.8, 4) is 0 Å². The molecule has 2 fully saturated rings. The highest BCUT2D eigenvalue weighted by Crippen LogP contribution is 2.25. The zero-order valence-corrected chi connectivity index (χ0v) is 11.5. The number of quaternary nitrogens is 1. The maximum atomic E-state index is 11.5. The van der Waals surface area contributed by atoms with Crippen molar-refractivity contribution in [3.05, 3.63) is 0 Å². The Morgan fingerprint density at radius 1 is 1.40 bits per heavy atom. The molecular formula is C11H19INO2+. The van der Waals surface area contributed by atoms with E-state index in [-0.39, 0.29) is 16.0 Å². The van der Waals surface area contributed by atoms with Crippen molar-refractivity contribution in [2.45, 2.75) is 54.7 Å². The van der Waals surface area contributed by atoms with E-state index in [2.05, 4.69) is 29.6 Å². The normalized spacial score (nSPS) is 41.3. The van der Waals surface area contributed by atoms with Gasteiger partial charge in [0.25, 0.3) is 0 Å². The number of halogens is 1. The number of carbonyl (C=O) groups is 1. The molecule has 1 N–H and O–H groups in total. The number of nitrogens with one attached hydrogen (secondary N) is 1. The van der Waals surface area contributed by atoms with Crippen molar-refractivity contribution in [2.24, 2.45) is 0 Å². The van der Waals surface area contributed by atoms with E-state index in [0.717, 1.165) is 24.9 Å². The summed E-state index contributed by atoms with van der Waals surface area (Å²) in [5.41, 5.74) is 0. The fourth-order valence-electron chi connectivity index (χ4n) is 2.88. The number of hydrogen-bond donors (Lipinski definition) is 1. The summed E-state index contributed by atoms with van der Waals surface area (Å²) < 4.78 is 5.50. The molecule has 0 aromatic carbocycles. The second-order valence-corrected chi connectivity index (χ2v) is 6.73. The molecule has 3 atom stereocenters. The highest BCUT2D eigenvalue weighted by Gasteiger charge is 2.43. The van der Waals surface area contributed by atoms with Gasteiger partial charge < -0.3 is 9.64 Å². The predicted octanol–water partition coefficient (Wildman–Crippen LogP) is 0.561. The summed E-state index contributed by atoms with van der Waals surface area (Å²) in [5, 5.41) is 0. The average molecular weight is 324 g/mol. The largest absolute Gasteiger partial charge is 0.461 e. The first-order valence-electron chi connectivity index (χ1n) is 5.76. The number of carbonyl (C=O) groups excluding carboxylic acids is 1. The van der Waals surface area contributed by atoms with Crippen LogP contribution in [0.2, 0.25) is 0 Å². The molecule has 0 aromatic rings. The van der Waals surface area contributed by atoms with Gasteiger partial charge in [-0.15, -0.1) is 0 Å². The van der Waals surface area contributed by atoms with E-state index in [0.29, 0.717) is 0 Å². The molecule has 0 amide bonds. The average Bonchev–Trinajstić information content (AvgIpc) is 2.41. The third-order valence-corrected chi connectivity index (χ3v) is 4.36. The fraction of sp³-hybridized carbons (Fsp3) is 0.909. The second-order valence-electron chi connectivity index (χ2n) is 4.86. The highest BCUT2D eigenvalue weighted by molar-refractivity contribution is 14.1. The second kappa shape index (κ2) is 4.57. The van der Waals surface area contributed by atoms with Crippen LogP contribution in [0.3, 0.4) is 0 Å². The maximum Gasteiger partial charge on any atom is 0.318 e. The molecule has 2 bridgehead atoms. The Hall–Kier alpha value is 0.160. The minimum absolute atomic E-state index is 0.0211. The van der Waals surface area contributed by atoms with Crippen molar-refractivity contribution in [3.63, 3.8) is 0 Å². The number of hydrogen-bond acceptors (Lipinski definition) is 2.